The lowest BCUT2D eigenvalue weighted by Crippen LogP contribution is -2.07. The van der Waals surface area contributed by atoms with Gasteiger partial charge in [0.25, 0.3) is 5.89 Å². The Morgan fingerprint density at radius 2 is 1.91 bits per heavy atom. The lowest BCUT2D eigenvalue weighted by molar-refractivity contribution is -0.0158. The number of halogens is 2. The third-order valence-electron chi connectivity index (χ3n) is 3.28. The highest BCUT2D eigenvalue weighted by molar-refractivity contribution is 7.12. The summed E-state index contributed by atoms with van der Waals surface area (Å²) in [7, 11) is 0. The van der Waals surface area contributed by atoms with Crippen molar-refractivity contribution in [2.75, 3.05) is 0 Å². The summed E-state index contributed by atoms with van der Waals surface area (Å²) < 4.78 is 30.8. The third-order valence-corrected chi connectivity index (χ3v) is 4.29. The highest BCUT2D eigenvalue weighted by Crippen LogP contribution is 2.28. The van der Waals surface area contributed by atoms with E-state index in [0.29, 0.717) is 22.9 Å². The van der Waals surface area contributed by atoms with Crippen molar-refractivity contribution in [3.63, 3.8) is 0 Å². The van der Waals surface area contributed by atoms with Gasteiger partial charge in [-0.25, -0.2) is 0 Å². The van der Waals surface area contributed by atoms with Crippen molar-refractivity contribution >= 4 is 17.1 Å². The Labute approximate surface area is 134 Å². The van der Waals surface area contributed by atoms with Crippen LogP contribution >= 0.6 is 11.3 Å². The van der Waals surface area contributed by atoms with Crippen LogP contribution in [0.2, 0.25) is 0 Å². The lowest BCUT2D eigenvalue weighted by atomic mass is 10.1. The minimum atomic E-state index is -3.18. The van der Waals surface area contributed by atoms with Crippen molar-refractivity contribution < 1.29 is 18.1 Å². The number of carbonyl (C=O) groups excluding carboxylic acids is 1. The van der Waals surface area contributed by atoms with E-state index in [9.17, 15) is 13.6 Å². The number of hydrogen-bond donors (Lipinski definition) is 0. The van der Waals surface area contributed by atoms with Gasteiger partial charge in [-0.15, -0.1) is 11.3 Å². The van der Waals surface area contributed by atoms with Crippen molar-refractivity contribution in [1.29, 1.82) is 0 Å². The maximum atomic E-state index is 13.1. The number of thiophene rings is 1. The summed E-state index contributed by atoms with van der Waals surface area (Å²) in [6.07, 6.45) is 0. The summed E-state index contributed by atoms with van der Waals surface area (Å²) in [5, 5.41) is 5.41. The fourth-order valence-corrected chi connectivity index (χ4v) is 2.91. The first-order valence-corrected chi connectivity index (χ1v) is 7.65. The fourth-order valence-electron chi connectivity index (χ4n) is 2.03. The highest BCUT2D eigenvalue weighted by Gasteiger charge is 2.32. The SMILES string of the molecule is Cc1ccsc1C(=O)c1ccc(-c2noc(C(C)(F)F)n2)cc1. The topological polar surface area (TPSA) is 56.0 Å². The maximum Gasteiger partial charge on any atom is 0.322 e. The minimum Gasteiger partial charge on any atom is -0.332 e. The smallest absolute Gasteiger partial charge is 0.322 e. The first-order chi connectivity index (χ1) is 10.9. The zero-order chi connectivity index (χ0) is 16.6. The standard InChI is InChI=1S/C16H12F2N2O2S/c1-9-7-8-23-13(9)12(21)10-3-5-11(6-4-10)14-19-15(22-20-14)16(2,17)18/h3-8H,1-2H3. The molecule has 23 heavy (non-hydrogen) atoms. The van der Waals surface area contributed by atoms with Crippen molar-refractivity contribution in [2.24, 2.45) is 0 Å². The summed E-state index contributed by atoms with van der Waals surface area (Å²) in [5.41, 5.74) is 1.95. The Balaban J connectivity index is 1.86. The van der Waals surface area contributed by atoms with Gasteiger partial charge in [0.05, 0.1) is 4.88 Å². The molecule has 0 aliphatic heterocycles. The second kappa shape index (κ2) is 5.66. The Morgan fingerprint density at radius 1 is 1.22 bits per heavy atom. The molecule has 0 atom stereocenters. The van der Waals surface area contributed by atoms with Crippen LogP contribution in [0.25, 0.3) is 11.4 Å². The van der Waals surface area contributed by atoms with Crippen LogP contribution in [0.1, 0.15) is 33.6 Å². The molecule has 3 rings (SSSR count). The predicted octanol–water partition coefficient (Wildman–Crippen LogP) is 4.45. The summed E-state index contributed by atoms with van der Waals surface area (Å²) in [5.74, 6) is -3.93. The summed E-state index contributed by atoms with van der Waals surface area (Å²) >= 11 is 1.39. The molecule has 0 fully saturated rings. The second-order valence-corrected chi connectivity index (χ2v) is 6.07. The highest BCUT2D eigenvalue weighted by atomic mass is 32.1. The third kappa shape index (κ3) is 3.05. The van der Waals surface area contributed by atoms with Gasteiger partial charge in [0.2, 0.25) is 11.6 Å². The first kappa shape index (κ1) is 15.5. The summed E-state index contributed by atoms with van der Waals surface area (Å²) in [6, 6.07) is 8.35. The number of rotatable bonds is 4. The van der Waals surface area contributed by atoms with Crippen LogP contribution < -0.4 is 0 Å². The average molecular weight is 334 g/mol. The molecule has 4 nitrogen and oxygen atoms in total. The van der Waals surface area contributed by atoms with Crippen LogP contribution in [0, 0.1) is 6.92 Å². The number of alkyl halides is 2. The number of benzene rings is 1. The van der Waals surface area contributed by atoms with Crippen LogP contribution in [-0.4, -0.2) is 15.9 Å². The van der Waals surface area contributed by atoms with Gasteiger partial charge < -0.3 is 4.52 Å². The number of aryl methyl sites for hydroxylation is 1. The largest absolute Gasteiger partial charge is 0.332 e. The van der Waals surface area contributed by atoms with Gasteiger partial charge in [-0.1, -0.05) is 29.4 Å². The average Bonchev–Trinajstić information content (AvgIpc) is 3.15. The molecule has 2 aromatic heterocycles. The molecule has 2 heterocycles. The van der Waals surface area contributed by atoms with Crippen LogP contribution in [0.3, 0.4) is 0 Å². The molecule has 7 heteroatoms. The van der Waals surface area contributed by atoms with E-state index < -0.39 is 11.8 Å². The monoisotopic (exact) mass is 334 g/mol. The fraction of sp³-hybridized carbons (Fsp3) is 0.188. The number of aromatic nitrogens is 2. The Bertz CT molecular complexity index is 848. The molecule has 0 radical (unpaired) electrons. The Morgan fingerprint density at radius 3 is 2.43 bits per heavy atom. The molecule has 118 valence electrons. The number of carbonyl (C=O) groups is 1. The zero-order valence-corrected chi connectivity index (χ0v) is 13.2. The minimum absolute atomic E-state index is 0.0628. The van der Waals surface area contributed by atoms with E-state index in [2.05, 4.69) is 14.7 Å². The van der Waals surface area contributed by atoms with Gasteiger partial charge in [0.15, 0.2) is 0 Å². The van der Waals surface area contributed by atoms with E-state index in [1.165, 1.54) is 11.3 Å². The van der Waals surface area contributed by atoms with Crippen LogP contribution in [0.5, 0.6) is 0 Å². The predicted molar refractivity (Wildman–Crippen MR) is 81.8 cm³/mol. The molecule has 0 bridgehead atoms. The van der Waals surface area contributed by atoms with Crippen molar-refractivity contribution in [1.82, 2.24) is 10.1 Å². The Kier molecular flexibility index (Phi) is 3.81. The molecular formula is C16H12F2N2O2S. The maximum absolute atomic E-state index is 13.1. The van der Waals surface area contributed by atoms with E-state index in [1.54, 1.807) is 24.3 Å². The Hall–Kier alpha value is -2.41. The van der Waals surface area contributed by atoms with Crippen LogP contribution in [0.4, 0.5) is 8.78 Å². The van der Waals surface area contributed by atoms with E-state index >= 15 is 0 Å². The van der Waals surface area contributed by atoms with E-state index in [4.69, 9.17) is 0 Å². The van der Waals surface area contributed by atoms with Gasteiger partial charge in [-0.2, -0.15) is 13.8 Å². The van der Waals surface area contributed by atoms with Crippen LogP contribution in [-0.2, 0) is 5.92 Å². The zero-order valence-electron chi connectivity index (χ0n) is 12.3. The van der Waals surface area contributed by atoms with Crippen molar-refractivity contribution in [3.05, 3.63) is 57.6 Å². The molecule has 1 aromatic carbocycles. The molecule has 0 N–H and O–H groups in total. The molecule has 0 amide bonds. The second-order valence-electron chi connectivity index (χ2n) is 5.15. The van der Waals surface area contributed by atoms with Gasteiger partial charge in [-0.3, -0.25) is 4.79 Å². The molecule has 0 aliphatic rings. The van der Waals surface area contributed by atoms with Crippen molar-refractivity contribution in [3.8, 4) is 11.4 Å². The van der Waals surface area contributed by atoms with Gasteiger partial charge >= 0.3 is 5.92 Å². The molecule has 0 saturated carbocycles. The molecular weight excluding hydrogens is 322 g/mol. The van der Waals surface area contributed by atoms with Gasteiger partial charge in [0.1, 0.15) is 0 Å². The van der Waals surface area contributed by atoms with E-state index in [-0.39, 0.29) is 11.6 Å². The van der Waals surface area contributed by atoms with Gasteiger partial charge in [-0.05, 0) is 23.9 Å². The van der Waals surface area contributed by atoms with Crippen molar-refractivity contribution in [2.45, 2.75) is 19.8 Å². The molecule has 0 spiro atoms. The molecule has 0 saturated heterocycles. The molecule has 3 aromatic rings. The first-order valence-electron chi connectivity index (χ1n) is 6.77. The number of ketones is 1. The van der Waals surface area contributed by atoms with Crippen LogP contribution in [0.15, 0.2) is 40.2 Å². The normalized spacial score (nSPS) is 11.7. The van der Waals surface area contributed by atoms with E-state index in [0.717, 1.165) is 5.56 Å². The van der Waals surface area contributed by atoms with Gasteiger partial charge in [0, 0.05) is 18.1 Å². The number of hydrogen-bond acceptors (Lipinski definition) is 5. The molecule has 0 unspecified atom stereocenters. The summed E-state index contributed by atoms with van der Waals surface area (Å²) in [4.78, 5) is 16.7. The number of nitrogens with zero attached hydrogens (tertiary/aromatic N) is 2. The summed E-state index contributed by atoms with van der Waals surface area (Å²) in [6.45, 7) is 2.57. The lowest BCUT2D eigenvalue weighted by Gasteiger charge is -2.02. The van der Waals surface area contributed by atoms with E-state index in [1.807, 2.05) is 18.4 Å². The quantitative estimate of drug-likeness (QED) is 0.662. The molecule has 0 aliphatic carbocycles.